The highest BCUT2D eigenvalue weighted by Gasteiger charge is 2.55. The molecular formula is C16H18F3NO2. The number of nitrogens with one attached hydrogen (secondary N) is 1. The van der Waals surface area contributed by atoms with E-state index in [1.807, 2.05) is 12.2 Å². The van der Waals surface area contributed by atoms with Crippen molar-refractivity contribution in [2.75, 3.05) is 6.54 Å². The summed E-state index contributed by atoms with van der Waals surface area (Å²) in [5.74, 6) is -0.791. The Morgan fingerprint density at radius 2 is 1.91 bits per heavy atom. The van der Waals surface area contributed by atoms with Gasteiger partial charge in [0.25, 0.3) is 0 Å². The maximum Gasteiger partial charge on any atom is 0.423 e. The maximum atomic E-state index is 13.3. The summed E-state index contributed by atoms with van der Waals surface area (Å²) >= 11 is 0. The number of hydrogen-bond acceptors (Lipinski definition) is 2. The smallest absolute Gasteiger partial charge is 0.375 e. The summed E-state index contributed by atoms with van der Waals surface area (Å²) in [6.45, 7) is -0.889. The molecule has 0 spiro atoms. The molecule has 0 fully saturated rings. The number of carbonyl (C=O) groups excluding carboxylic acids is 1. The zero-order valence-electron chi connectivity index (χ0n) is 11.9. The minimum Gasteiger partial charge on any atom is -0.375 e. The van der Waals surface area contributed by atoms with E-state index < -0.39 is 24.2 Å². The Hall–Kier alpha value is -1.82. The summed E-state index contributed by atoms with van der Waals surface area (Å²) in [5, 5.41) is 12.4. The van der Waals surface area contributed by atoms with Crippen molar-refractivity contribution < 1.29 is 23.1 Å². The molecule has 1 aliphatic carbocycles. The zero-order chi connectivity index (χ0) is 16.2. The molecule has 0 bridgehead atoms. The van der Waals surface area contributed by atoms with E-state index in [0.717, 1.165) is 6.42 Å². The lowest BCUT2D eigenvalue weighted by Gasteiger charge is -2.31. The van der Waals surface area contributed by atoms with E-state index in [1.165, 1.54) is 24.3 Å². The van der Waals surface area contributed by atoms with E-state index >= 15 is 0 Å². The van der Waals surface area contributed by atoms with Crippen LogP contribution in [0.25, 0.3) is 0 Å². The topological polar surface area (TPSA) is 49.3 Å². The van der Waals surface area contributed by atoms with Crippen LogP contribution in [0.2, 0.25) is 0 Å². The predicted molar refractivity (Wildman–Crippen MR) is 75.9 cm³/mol. The third kappa shape index (κ3) is 3.50. The summed E-state index contributed by atoms with van der Waals surface area (Å²) in [6, 6.07) is 6.79. The van der Waals surface area contributed by atoms with Crippen molar-refractivity contribution in [3.8, 4) is 0 Å². The van der Waals surface area contributed by atoms with Gasteiger partial charge in [0.15, 0.2) is 0 Å². The summed E-state index contributed by atoms with van der Waals surface area (Å²) in [6.07, 6.45) is 0.773. The molecular weight excluding hydrogens is 295 g/mol. The normalized spacial score (nSPS) is 21.2. The minimum atomic E-state index is -4.88. The van der Waals surface area contributed by atoms with E-state index in [2.05, 4.69) is 5.32 Å². The predicted octanol–water partition coefficient (Wildman–Crippen LogP) is 2.91. The molecule has 1 aliphatic rings. The van der Waals surface area contributed by atoms with Gasteiger partial charge >= 0.3 is 6.18 Å². The fraction of sp³-hybridized carbons (Fsp3) is 0.438. The van der Waals surface area contributed by atoms with Crippen LogP contribution in [-0.2, 0) is 10.4 Å². The van der Waals surface area contributed by atoms with Crippen molar-refractivity contribution in [2.45, 2.75) is 31.0 Å². The second kappa shape index (κ2) is 6.52. The molecule has 1 aromatic rings. The fourth-order valence-electron chi connectivity index (χ4n) is 2.47. The summed E-state index contributed by atoms with van der Waals surface area (Å²) < 4.78 is 39.8. The molecule has 1 aromatic carbocycles. The van der Waals surface area contributed by atoms with Gasteiger partial charge in [0.05, 0.1) is 6.54 Å². The van der Waals surface area contributed by atoms with Crippen LogP contribution >= 0.6 is 0 Å². The molecule has 120 valence electrons. The fourth-order valence-corrected chi connectivity index (χ4v) is 2.47. The quantitative estimate of drug-likeness (QED) is 0.840. The SMILES string of the molecule is O=C(NC[C@](O)(c1ccccc1)C(F)(F)F)[C@H]1CC=CCC1. The number of carbonyl (C=O) groups is 1. The highest BCUT2D eigenvalue weighted by Crippen LogP contribution is 2.38. The maximum absolute atomic E-state index is 13.3. The monoisotopic (exact) mass is 313 g/mol. The molecule has 2 N–H and O–H groups in total. The third-order valence-electron chi connectivity index (χ3n) is 3.88. The highest BCUT2D eigenvalue weighted by molar-refractivity contribution is 5.79. The lowest BCUT2D eigenvalue weighted by molar-refractivity contribution is -0.264. The molecule has 6 heteroatoms. The molecule has 0 radical (unpaired) electrons. The number of halogens is 3. The van der Waals surface area contributed by atoms with Crippen LogP contribution in [0.3, 0.4) is 0 Å². The number of hydrogen-bond donors (Lipinski definition) is 2. The van der Waals surface area contributed by atoms with Crippen molar-refractivity contribution in [1.82, 2.24) is 5.32 Å². The van der Waals surface area contributed by atoms with Crippen molar-refractivity contribution >= 4 is 5.91 Å². The van der Waals surface area contributed by atoms with Gasteiger partial charge in [-0.05, 0) is 24.8 Å². The molecule has 2 rings (SSSR count). The van der Waals surface area contributed by atoms with Crippen LogP contribution in [0.5, 0.6) is 0 Å². The zero-order valence-corrected chi connectivity index (χ0v) is 11.9. The van der Waals surface area contributed by atoms with Crippen LogP contribution in [-0.4, -0.2) is 23.7 Å². The Morgan fingerprint density at radius 3 is 2.45 bits per heavy atom. The second-order valence-electron chi connectivity index (χ2n) is 5.42. The van der Waals surface area contributed by atoms with Crippen LogP contribution < -0.4 is 5.32 Å². The van der Waals surface area contributed by atoms with Gasteiger partial charge < -0.3 is 10.4 Å². The second-order valence-corrected chi connectivity index (χ2v) is 5.42. The lowest BCUT2D eigenvalue weighted by atomic mass is 9.91. The van der Waals surface area contributed by atoms with Gasteiger partial charge in [0, 0.05) is 5.92 Å². The van der Waals surface area contributed by atoms with E-state index in [1.54, 1.807) is 6.07 Å². The van der Waals surface area contributed by atoms with Gasteiger partial charge in [-0.1, -0.05) is 42.5 Å². The van der Waals surface area contributed by atoms with Crippen molar-refractivity contribution in [3.63, 3.8) is 0 Å². The molecule has 0 saturated carbocycles. The molecule has 0 aliphatic heterocycles. The first-order chi connectivity index (χ1) is 10.3. The van der Waals surface area contributed by atoms with Crippen molar-refractivity contribution in [2.24, 2.45) is 5.92 Å². The Labute approximate surface area is 126 Å². The molecule has 2 atom stereocenters. The Morgan fingerprint density at radius 1 is 1.23 bits per heavy atom. The Bertz CT molecular complexity index is 542. The molecule has 0 aromatic heterocycles. The van der Waals surface area contributed by atoms with Gasteiger partial charge in [0.1, 0.15) is 0 Å². The molecule has 1 amide bonds. The van der Waals surface area contributed by atoms with E-state index in [0.29, 0.717) is 12.8 Å². The number of aliphatic hydroxyl groups is 1. The van der Waals surface area contributed by atoms with E-state index in [9.17, 15) is 23.1 Å². The molecule has 0 saturated heterocycles. The van der Waals surface area contributed by atoms with Gasteiger partial charge in [-0.25, -0.2) is 0 Å². The number of benzene rings is 1. The van der Waals surface area contributed by atoms with Crippen LogP contribution in [0.1, 0.15) is 24.8 Å². The van der Waals surface area contributed by atoms with Gasteiger partial charge in [-0.2, -0.15) is 13.2 Å². The summed E-state index contributed by atoms with van der Waals surface area (Å²) in [7, 11) is 0. The van der Waals surface area contributed by atoms with Gasteiger partial charge in [0.2, 0.25) is 11.5 Å². The first-order valence-corrected chi connectivity index (χ1v) is 7.12. The van der Waals surface area contributed by atoms with Crippen LogP contribution in [0.4, 0.5) is 13.2 Å². The average Bonchev–Trinajstić information content (AvgIpc) is 2.53. The van der Waals surface area contributed by atoms with Crippen LogP contribution in [0.15, 0.2) is 42.5 Å². The van der Waals surface area contributed by atoms with Crippen molar-refractivity contribution in [3.05, 3.63) is 48.0 Å². The molecule has 3 nitrogen and oxygen atoms in total. The summed E-state index contributed by atoms with van der Waals surface area (Å²) in [5.41, 5.74) is -3.37. The number of allylic oxidation sites excluding steroid dienone is 2. The Balaban J connectivity index is 2.11. The first-order valence-electron chi connectivity index (χ1n) is 7.12. The Kier molecular flexibility index (Phi) is 4.90. The molecule has 0 heterocycles. The third-order valence-corrected chi connectivity index (χ3v) is 3.88. The number of rotatable bonds is 4. The van der Waals surface area contributed by atoms with Gasteiger partial charge in [-0.15, -0.1) is 0 Å². The van der Waals surface area contributed by atoms with Crippen molar-refractivity contribution in [1.29, 1.82) is 0 Å². The number of alkyl halides is 3. The van der Waals surface area contributed by atoms with E-state index in [4.69, 9.17) is 0 Å². The number of amides is 1. The first kappa shape index (κ1) is 16.5. The van der Waals surface area contributed by atoms with E-state index in [-0.39, 0.29) is 11.5 Å². The van der Waals surface area contributed by atoms with Gasteiger partial charge in [-0.3, -0.25) is 4.79 Å². The largest absolute Gasteiger partial charge is 0.423 e. The average molecular weight is 313 g/mol. The molecule has 22 heavy (non-hydrogen) atoms. The lowest BCUT2D eigenvalue weighted by Crippen LogP contribution is -2.51. The highest BCUT2D eigenvalue weighted by atomic mass is 19.4. The summed E-state index contributed by atoms with van der Waals surface area (Å²) in [4.78, 5) is 12.0. The standard InChI is InChI=1S/C16H18F3NO2/c17-16(18,19)15(22,13-9-5-2-6-10-13)11-20-14(21)12-7-3-1-4-8-12/h1-3,5-6,9-10,12,22H,4,7-8,11H2,(H,20,21)/t12-,15-/m0/s1. The minimum absolute atomic E-state index is 0.286. The van der Waals surface area contributed by atoms with Crippen LogP contribution in [0, 0.1) is 5.92 Å². The molecule has 0 unspecified atom stereocenters.